The van der Waals surface area contributed by atoms with E-state index in [1.807, 2.05) is 29.4 Å². The van der Waals surface area contributed by atoms with E-state index in [4.69, 9.17) is 4.74 Å². The SMILES string of the molecule is CC1(CN2C[C@@]3(CCC[C@H](Cn4cnc5ccc(C#N)cc54)C3)OC2=O)CCN(c2ccccc2)C1. The van der Waals surface area contributed by atoms with Crippen LogP contribution in [0, 0.1) is 22.7 Å². The van der Waals surface area contributed by atoms with Gasteiger partial charge in [-0.2, -0.15) is 5.26 Å². The molecule has 2 aliphatic heterocycles. The zero-order chi connectivity index (χ0) is 24.8. The van der Waals surface area contributed by atoms with Crippen molar-refractivity contribution in [1.29, 1.82) is 5.26 Å². The van der Waals surface area contributed by atoms with Gasteiger partial charge in [-0.15, -0.1) is 0 Å². The highest BCUT2D eigenvalue weighted by Crippen LogP contribution is 2.42. The Morgan fingerprint density at radius 1 is 1.17 bits per heavy atom. The van der Waals surface area contributed by atoms with Gasteiger partial charge in [0.25, 0.3) is 0 Å². The number of anilines is 1. The largest absolute Gasteiger partial charge is 0.441 e. The Balaban J connectivity index is 1.12. The third-order valence-electron chi connectivity index (χ3n) is 8.40. The number of carbonyl (C=O) groups is 1. The molecule has 1 aliphatic carbocycles. The molecule has 7 heteroatoms. The van der Waals surface area contributed by atoms with Crippen LogP contribution >= 0.6 is 0 Å². The van der Waals surface area contributed by atoms with Gasteiger partial charge < -0.3 is 19.1 Å². The van der Waals surface area contributed by atoms with Crippen molar-refractivity contribution >= 4 is 22.8 Å². The fourth-order valence-electron chi connectivity index (χ4n) is 6.67. The van der Waals surface area contributed by atoms with E-state index in [1.54, 1.807) is 0 Å². The van der Waals surface area contributed by atoms with Gasteiger partial charge in [0.1, 0.15) is 5.60 Å². The number of nitriles is 1. The Kier molecular flexibility index (Phi) is 5.63. The Morgan fingerprint density at radius 2 is 2.03 bits per heavy atom. The van der Waals surface area contributed by atoms with E-state index in [0.29, 0.717) is 18.0 Å². The zero-order valence-electron chi connectivity index (χ0n) is 20.9. The van der Waals surface area contributed by atoms with Crippen molar-refractivity contribution in [1.82, 2.24) is 14.5 Å². The van der Waals surface area contributed by atoms with Crippen LogP contribution in [0.4, 0.5) is 10.5 Å². The summed E-state index contributed by atoms with van der Waals surface area (Å²) in [5.41, 5.74) is 3.48. The number of amides is 1. The summed E-state index contributed by atoms with van der Waals surface area (Å²) in [5, 5.41) is 9.29. The maximum absolute atomic E-state index is 13.0. The number of hydrogen-bond acceptors (Lipinski definition) is 5. The van der Waals surface area contributed by atoms with E-state index >= 15 is 0 Å². The molecule has 3 aromatic rings. The van der Waals surface area contributed by atoms with Crippen LogP contribution in [0.2, 0.25) is 0 Å². The van der Waals surface area contributed by atoms with Crippen LogP contribution in [0.5, 0.6) is 0 Å². The lowest BCUT2D eigenvalue weighted by molar-refractivity contribution is 0.00412. The average Bonchev–Trinajstić information content (AvgIpc) is 3.55. The molecule has 3 heterocycles. The van der Waals surface area contributed by atoms with Crippen LogP contribution < -0.4 is 4.90 Å². The number of fused-ring (bicyclic) bond motifs is 1. The number of nitrogens with zero attached hydrogens (tertiary/aromatic N) is 5. The lowest BCUT2D eigenvalue weighted by Gasteiger charge is -2.36. The highest BCUT2D eigenvalue weighted by Gasteiger charge is 2.50. The summed E-state index contributed by atoms with van der Waals surface area (Å²) >= 11 is 0. The third-order valence-corrected chi connectivity index (χ3v) is 8.40. The van der Waals surface area contributed by atoms with E-state index in [9.17, 15) is 10.1 Å². The molecular weight excluding hydrogens is 450 g/mol. The third kappa shape index (κ3) is 4.30. The van der Waals surface area contributed by atoms with Gasteiger partial charge in [0.2, 0.25) is 0 Å². The summed E-state index contributed by atoms with van der Waals surface area (Å²) < 4.78 is 8.31. The van der Waals surface area contributed by atoms with Gasteiger partial charge in [0.05, 0.1) is 35.5 Å². The molecule has 36 heavy (non-hydrogen) atoms. The molecule has 1 aromatic heterocycles. The number of hydrogen-bond donors (Lipinski definition) is 0. The molecule has 1 amide bonds. The first kappa shape index (κ1) is 22.9. The Labute approximate surface area is 212 Å². The molecule has 0 N–H and O–H groups in total. The average molecular weight is 484 g/mol. The van der Waals surface area contributed by atoms with Gasteiger partial charge in [-0.3, -0.25) is 0 Å². The molecule has 3 fully saturated rings. The fourth-order valence-corrected chi connectivity index (χ4v) is 6.67. The molecule has 186 valence electrons. The molecule has 1 saturated carbocycles. The summed E-state index contributed by atoms with van der Waals surface area (Å²) in [4.78, 5) is 22.0. The summed E-state index contributed by atoms with van der Waals surface area (Å²) in [7, 11) is 0. The Bertz CT molecular complexity index is 1310. The second kappa shape index (κ2) is 8.85. The highest BCUT2D eigenvalue weighted by atomic mass is 16.6. The monoisotopic (exact) mass is 483 g/mol. The minimum atomic E-state index is -0.387. The first-order valence-electron chi connectivity index (χ1n) is 13.1. The molecule has 0 radical (unpaired) electrons. The molecule has 3 aliphatic rings. The number of aromatic nitrogens is 2. The van der Waals surface area contributed by atoms with Crippen molar-refractivity contribution in [3.63, 3.8) is 0 Å². The molecule has 6 rings (SSSR count). The van der Waals surface area contributed by atoms with Crippen molar-refractivity contribution in [3.05, 3.63) is 60.4 Å². The summed E-state index contributed by atoms with van der Waals surface area (Å²) in [6.07, 6.45) is 6.77. The number of rotatable bonds is 5. The molecular formula is C29H33N5O2. The van der Waals surface area contributed by atoms with Crippen molar-refractivity contribution < 1.29 is 9.53 Å². The van der Waals surface area contributed by atoms with Crippen LogP contribution in [0.3, 0.4) is 0 Å². The van der Waals surface area contributed by atoms with Crippen LogP contribution in [0.15, 0.2) is 54.9 Å². The van der Waals surface area contributed by atoms with Gasteiger partial charge in [0.15, 0.2) is 0 Å². The fraction of sp³-hybridized carbons (Fsp3) is 0.483. The highest BCUT2D eigenvalue weighted by molar-refractivity contribution is 5.77. The van der Waals surface area contributed by atoms with Gasteiger partial charge in [-0.25, -0.2) is 9.78 Å². The smallest absolute Gasteiger partial charge is 0.410 e. The van der Waals surface area contributed by atoms with E-state index in [-0.39, 0.29) is 17.1 Å². The number of benzene rings is 2. The van der Waals surface area contributed by atoms with Gasteiger partial charge in [-0.05, 0) is 68.4 Å². The molecule has 3 atom stereocenters. The topological polar surface area (TPSA) is 74.4 Å². The van der Waals surface area contributed by atoms with E-state index < -0.39 is 0 Å². The summed E-state index contributed by atoms with van der Waals surface area (Å²) in [6.45, 7) is 6.53. The van der Waals surface area contributed by atoms with Crippen LogP contribution in [0.25, 0.3) is 11.0 Å². The number of para-hydroxylation sites is 1. The summed E-state index contributed by atoms with van der Waals surface area (Å²) in [6, 6.07) is 18.4. The maximum Gasteiger partial charge on any atom is 0.410 e. The minimum absolute atomic E-state index is 0.0582. The molecule has 1 spiro atoms. The Morgan fingerprint density at radius 3 is 2.86 bits per heavy atom. The normalized spacial score (nSPS) is 28.1. The lowest BCUT2D eigenvalue weighted by atomic mass is 9.77. The minimum Gasteiger partial charge on any atom is -0.441 e. The second-order valence-corrected chi connectivity index (χ2v) is 11.4. The van der Waals surface area contributed by atoms with E-state index in [2.05, 4.69) is 57.8 Å². The first-order valence-corrected chi connectivity index (χ1v) is 13.1. The van der Waals surface area contributed by atoms with Crippen molar-refractivity contribution in [2.24, 2.45) is 11.3 Å². The summed E-state index contributed by atoms with van der Waals surface area (Å²) in [5.74, 6) is 0.408. The molecule has 1 unspecified atom stereocenters. The molecule has 2 aromatic carbocycles. The molecule has 0 bridgehead atoms. The number of imidazole rings is 1. The maximum atomic E-state index is 13.0. The van der Waals surface area contributed by atoms with Gasteiger partial charge in [-0.1, -0.05) is 25.1 Å². The predicted molar refractivity (Wildman–Crippen MR) is 139 cm³/mol. The van der Waals surface area contributed by atoms with Crippen molar-refractivity contribution in [2.75, 3.05) is 31.1 Å². The standard InChI is InChI=1S/C29H33N5O2/c1-28(12-13-32(18-28)24-7-3-2-4-8-24)19-34-20-29(36-27(34)35)11-5-6-23(15-29)17-33-21-31-25-10-9-22(16-30)14-26(25)33/h2-4,7-10,14,21,23H,5-6,11-13,15,17-20H2,1H3/t23-,28?,29-/m0/s1. The molecule has 7 nitrogen and oxygen atoms in total. The van der Waals surface area contributed by atoms with Crippen molar-refractivity contribution in [3.8, 4) is 6.07 Å². The number of carbonyl (C=O) groups excluding carboxylic acids is 1. The molecule has 2 saturated heterocycles. The second-order valence-electron chi connectivity index (χ2n) is 11.4. The first-order chi connectivity index (χ1) is 17.4. The van der Waals surface area contributed by atoms with E-state index in [1.165, 1.54) is 5.69 Å². The van der Waals surface area contributed by atoms with E-state index in [0.717, 1.165) is 69.3 Å². The van der Waals surface area contributed by atoms with Gasteiger partial charge in [0, 0.05) is 37.3 Å². The van der Waals surface area contributed by atoms with Crippen molar-refractivity contribution in [2.45, 2.75) is 51.2 Å². The van der Waals surface area contributed by atoms with Crippen LogP contribution in [0.1, 0.15) is 44.6 Å². The quantitative estimate of drug-likeness (QED) is 0.498. The number of ether oxygens (including phenoxy) is 1. The van der Waals surface area contributed by atoms with Gasteiger partial charge >= 0.3 is 6.09 Å². The Hall–Kier alpha value is -3.53. The predicted octanol–water partition coefficient (Wildman–Crippen LogP) is 5.21. The van der Waals surface area contributed by atoms with Crippen LogP contribution in [-0.2, 0) is 11.3 Å². The zero-order valence-corrected chi connectivity index (χ0v) is 20.9. The van der Waals surface area contributed by atoms with Crippen LogP contribution in [-0.4, -0.2) is 52.3 Å². The lowest BCUT2D eigenvalue weighted by Crippen LogP contribution is -2.43.